The van der Waals surface area contributed by atoms with E-state index in [0.29, 0.717) is 0 Å². The topological polar surface area (TPSA) is 0 Å². The molecule has 0 N–H and O–H groups in total. The summed E-state index contributed by atoms with van der Waals surface area (Å²) in [5.41, 5.74) is 7.70. The average molecular weight is 399 g/mol. The first-order valence-corrected chi connectivity index (χ1v) is 11.5. The Morgan fingerprint density at radius 2 is 0.857 bits per heavy atom. The van der Waals surface area contributed by atoms with Gasteiger partial charge in [0.1, 0.15) is 0 Å². The van der Waals surface area contributed by atoms with Crippen LogP contribution in [0.3, 0.4) is 0 Å². The van der Waals surface area contributed by atoms with Gasteiger partial charge in [0, 0.05) is 9.79 Å². The molecule has 138 valence electrons. The maximum atomic E-state index is 2.28. The van der Waals surface area contributed by atoms with Crippen molar-refractivity contribution >= 4 is 21.6 Å². The van der Waals surface area contributed by atoms with E-state index in [0.717, 1.165) is 0 Å². The maximum absolute atomic E-state index is 2.28. The van der Waals surface area contributed by atoms with Crippen molar-refractivity contribution < 1.29 is 0 Å². The first-order chi connectivity index (χ1) is 13.7. The van der Waals surface area contributed by atoms with Gasteiger partial charge in [-0.1, -0.05) is 118 Å². The lowest BCUT2D eigenvalue weighted by Crippen LogP contribution is -1.85. The molecule has 2 heteroatoms. The summed E-state index contributed by atoms with van der Waals surface area (Å²) in [6, 6.07) is 34.7. The minimum atomic E-state index is 1.27. The molecule has 0 atom stereocenters. The monoisotopic (exact) mass is 398 g/mol. The zero-order chi connectivity index (χ0) is 19.3. The summed E-state index contributed by atoms with van der Waals surface area (Å²) in [5, 5.41) is 0. The normalized spacial score (nSPS) is 10.8. The molecule has 0 aliphatic carbocycles. The number of benzene rings is 4. The molecule has 28 heavy (non-hydrogen) atoms. The summed E-state index contributed by atoms with van der Waals surface area (Å²) in [6.07, 6.45) is 0. The van der Waals surface area contributed by atoms with Crippen LogP contribution >= 0.6 is 21.6 Å². The summed E-state index contributed by atoms with van der Waals surface area (Å²) in [7, 11) is 3.67. The number of hydrogen-bond donors (Lipinski definition) is 0. The molecule has 0 radical (unpaired) electrons. The van der Waals surface area contributed by atoms with Crippen molar-refractivity contribution in [3.05, 3.63) is 108 Å². The molecule has 0 nitrogen and oxygen atoms in total. The molecule has 0 bridgehead atoms. The van der Waals surface area contributed by atoms with Gasteiger partial charge in [-0.15, -0.1) is 0 Å². The van der Waals surface area contributed by atoms with Crippen LogP contribution in [-0.4, -0.2) is 0 Å². The Morgan fingerprint density at radius 3 is 1.25 bits per heavy atom. The second-order valence-corrected chi connectivity index (χ2v) is 9.11. The van der Waals surface area contributed by atoms with Gasteiger partial charge in [-0.2, -0.15) is 0 Å². The highest BCUT2D eigenvalue weighted by molar-refractivity contribution is 8.76. The molecule has 4 aromatic carbocycles. The average Bonchev–Trinajstić information content (AvgIpc) is 2.75. The largest absolute Gasteiger partial charge is 0.0622 e. The fraction of sp³-hybridized carbons (Fsp3) is 0.0769. The third-order valence-electron chi connectivity index (χ3n) is 4.66. The van der Waals surface area contributed by atoms with Crippen molar-refractivity contribution in [2.24, 2.45) is 0 Å². The Kier molecular flexibility index (Phi) is 5.90. The van der Waals surface area contributed by atoms with E-state index in [1.165, 1.54) is 43.2 Å². The molecule has 0 spiro atoms. The van der Waals surface area contributed by atoms with Gasteiger partial charge < -0.3 is 0 Å². The maximum Gasteiger partial charge on any atom is 0.0264 e. The Morgan fingerprint density at radius 1 is 0.464 bits per heavy atom. The van der Waals surface area contributed by atoms with Crippen molar-refractivity contribution in [2.75, 3.05) is 0 Å². The molecule has 0 saturated heterocycles. The number of rotatable bonds is 5. The fourth-order valence-electron chi connectivity index (χ4n) is 3.21. The van der Waals surface area contributed by atoms with Crippen LogP contribution < -0.4 is 0 Å². The molecular weight excluding hydrogens is 376 g/mol. The zero-order valence-corrected chi connectivity index (χ0v) is 17.7. The van der Waals surface area contributed by atoms with Gasteiger partial charge in [0.25, 0.3) is 0 Å². The van der Waals surface area contributed by atoms with E-state index in [2.05, 4.69) is 111 Å². The lowest BCUT2D eigenvalue weighted by molar-refractivity contribution is 1.37. The van der Waals surface area contributed by atoms with Crippen LogP contribution in [0.4, 0.5) is 0 Å². The molecule has 0 heterocycles. The second-order valence-electron chi connectivity index (χ2n) is 6.90. The van der Waals surface area contributed by atoms with Gasteiger partial charge >= 0.3 is 0 Å². The van der Waals surface area contributed by atoms with Crippen LogP contribution in [-0.2, 0) is 0 Å². The summed E-state index contributed by atoms with van der Waals surface area (Å²) in [5.74, 6) is 0. The SMILES string of the molecule is Cc1ccc(SSc2ccc(C)cc2-c2ccccc2)c(-c2ccccc2)c1. The fourth-order valence-corrected chi connectivity index (χ4v) is 5.58. The summed E-state index contributed by atoms with van der Waals surface area (Å²) in [6.45, 7) is 4.31. The highest BCUT2D eigenvalue weighted by Gasteiger charge is 2.11. The van der Waals surface area contributed by atoms with Crippen molar-refractivity contribution in [3.63, 3.8) is 0 Å². The zero-order valence-electron chi connectivity index (χ0n) is 16.1. The van der Waals surface area contributed by atoms with Gasteiger partial charge in [-0.05, 0) is 48.2 Å². The summed E-state index contributed by atoms with van der Waals surface area (Å²) in [4.78, 5) is 2.59. The van der Waals surface area contributed by atoms with E-state index < -0.39 is 0 Å². The van der Waals surface area contributed by atoms with E-state index in [9.17, 15) is 0 Å². The first kappa shape index (κ1) is 18.9. The summed E-state index contributed by atoms with van der Waals surface area (Å²) < 4.78 is 0. The summed E-state index contributed by atoms with van der Waals surface area (Å²) >= 11 is 0. The molecule has 0 aromatic heterocycles. The van der Waals surface area contributed by atoms with Gasteiger partial charge in [0.15, 0.2) is 0 Å². The second kappa shape index (κ2) is 8.72. The lowest BCUT2D eigenvalue weighted by atomic mass is 10.0. The highest BCUT2D eigenvalue weighted by atomic mass is 33.1. The van der Waals surface area contributed by atoms with Gasteiger partial charge in [0.05, 0.1) is 0 Å². The third-order valence-corrected chi connectivity index (χ3v) is 7.14. The molecule has 0 unspecified atom stereocenters. The van der Waals surface area contributed by atoms with Crippen LogP contribution in [0, 0.1) is 13.8 Å². The van der Waals surface area contributed by atoms with Crippen LogP contribution in [0.5, 0.6) is 0 Å². The molecule has 0 saturated carbocycles. The predicted octanol–water partition coefficient (Wildman–Crippen LogP) is 8.44. The Balaban J connectivity index is 1.66. The van der Waals surface area contributed by atoms with E-state index in [4.69, 9.17) is 0 Å². The minimum absolute atomic E-state index is 1.27. The molecule has 0 fully saturated rings. The van der Waals surface area contributed by atoms with Gasteiger partial charge in [0.2, 0.25) is 0 Å². The molecule has 0 aliphatic heterocycles. The van der Waals surface area contributed by atoms with Crippen LogP contribution in [0.1, 0.15) is 11.1 Å². The van der Waals surface area contributed by atoms with E-state index in [1.807, 2.05) is 21.6 Å². The Hall–Kier alpha value is -2.42. The van der Waals surface area contributed by atoms with Crippen molar-refractivity contribution in [1.29, 1.82) is 0 Å². The molecule has 4 rings (SSSR count). The lowest BCUT2D eigenvalue weighted by Gasteiger charge is -2.13. The molecule has 4 aromatic rings. The molecule has 0 aliphatic rings. The van der Waals surface area contributed by atoms with Crippen molar-refractivity contribution in [3.8, 4) is 22.3 Å². The van der Waals surface area contributed by atoms with Gasteiger partial charge in [-0.3, -0.25) is 0 Å². The van der Waals surface area contributed by atoms with Gasteiger partial charge in [-0.25, -0.2) is 0 Å². The van der Waals surface area contributed by atoms with E-state index in [1.54, 1.807) is 0 Å². The van der Waals surface area contributed by atoms with Crippen molar-refractivity contribution in [1.82, 2.24) is 0 Å². The Bertz CT molecular complexity index is 981. The van der Waals surface area contributed by atoms with Crippen LogP contribution in [0.25, 0.3) is 22.3 Å². The minimum Gasteiger partial charge on any atom is -0.0622 e. The molecule has 0 amide bonds. The number of aryl methyl sites for hydroxylation is 2. The van der Waals surface area contributed by atoms with Crippen LogP contribution in [0.15, 0.2) is 107 Å². The predicted molar refractivity (Wildman–Crippen MR) is 125 cm³/mol. The quantitative estimate of drug-likeness (QED) is 0.309. The third kappa shape index (κ3) is 4.35. The Labute approximate surface area is 175 Å². The number of hydrogen-bond acceptors (Lipinski definition) is 2. The van der Waals surface area contributed by atoms with Crippen molar-refractivity contribution in [2.45, 2.75) is 23.6 Å². The molecular formula is C26H22S2. The van der Waals surface area contributed by atoms with Crippen LogP contribution in [0.2, 0.25) is 0 Å². The standard InChI is InChI=1S/C26H22S2/c1-19-13-15-25(23(17-19)21-9-5-3-6-10-21)27-28-26-16-14-20(2)18-24(26)22-11-7-4-8-12-22/h3-18H,1-2H3. The highest BCUT2D eigenvalue weighted by Crippen LogP contribution is 2.45. The smallest absolute Gasteiger partial charge is 0.0264 e. The van der Waals surface area contributed by atoms with E-state index in [-0.39, 0.29) is 0 Å². The first-order valence-electron chi connectivity index (χ1n) is 9.37. The van der Waals surface area contributed by atoms with E-state index >= 15 is 0 Å².